The molecule has 0 bridgehead atoms. The Labute approximate surface area is 179 Å². The predicted octanol–water partition coefficient (Wildman–Crippen LogP) is 3.66. The molecular weight excluding hydrogens is 417 g/mol. The first-order chi connectivity index (χ1) is 14.9. The summed E-state index contributed by atoms with van der Waals surface area (Å²) in [5.41, 5.74) is 2.87. The maximum Gasteiger partial charge on any atom is 0.243 e. The van der Waals surface area contributed by atoms with Crippen LogP contribution < -0.4 is 0 Å². The van der Waals surface area contributed by atoms with Gasteiger partial charge in [-0.1, -0.05) is 12.1 Å². The van der Waals surface area contributed by atoms with E-state index in [-0.39, 0.29) is 16.9 Å². The molecule has 1 aliphatic rings. The first-order valence-corrected chi connectivity index (χ1v) is 11.6. The lowest BCUT2D eigenvalue weighted by atomic mass is 10.1. The number of hydrogen-bond acceptors (Lipinski definition) is 4. The highest BCUT2D eigenvalue weighted by Crippen LogP contribution is 2.32. The number of H-pyrrole nitrogens is 1. The van der Waals surface area contributed by atoms with Crippen molar-refractivity contribution < 1.29 is 12.8 Å². The van der Waals surface area contributed by atoms with E-state index in [2.05, 4.69) is 38.2 Å². The summed E-state index contributed by atoms with van der Waals surface area (Å²) in [6, 6.07) is 13.3. The molecule has 1 N–H and O–H groups in total. The third-order valence-electron chi connectivity index (χ3n) is 5.94. The summed E-state index contributed by atoms with van der Waals surface area (Å²) in [4.78, 5) is 0.00630. The highest BCUT2D eigenvalue weighted by Gasteiger charge is 2.38. The molecule has 5 rings (SSSR count). The van der Waals surface area contributed by atoms with E-state index in [4.69, 9.17) is 0 Å². The van der Waals surface area contributed by atoms with E-state index in [1.54, 1.807) is 6.20 Å². The smallest absolute Gasteiger partial charge is 0.243 e. The SMILES string of the molecule is CC1CC(Cn2ccc3cc(-c4cn[nH]n4)ccc32)CN1S(=O)(=O)c1cccc(F)c1. The first-order valence-electron chi connectivity index (χ1n) is 10.1. The van der Waals surface area contributed by atoms with E-state index in [0.717, 1.165) is 34.6 Å². The minimum absolute atomic E-state index is 0.00630. The number of benzene rings is 2. The minimum atomic E-state index is -3.73. The number of rotatable bonds is 5. The Morgan fingerprint density at radius 1 is 1.19 bits per heavy atom. The molecule has 1 fully saturated rings. The van der Waals surface area contributed by atoms with Crippen molar-refractivity contribution >= 4 is 20.9 Å². The lowest BCUT2D eigenvalue weighted by Gasteiger charge is -2.21. The number of sulfonamides is 1. The van der Waals surface area contributed by atoms with Crippen LogP contribution in [0.15, 0.2) is 65.8 Å². The Morgan fingerprint density at radius 3 is 2.84 bits per heavy atom. The second-order valence-corrected chi connectivity index (χ2v) is 9.97. The predicted molar refractivity (Wildman–Crippen MR) is 115 cm³/mol. The molecule has 0 saturated carbocycles. The highest BCUT2D eigenvalue weighted by atomic mass is 32.2. The highest BCUT2D eigenvalue weighted by molar-refractivity contribution is 7.89. The number of aromatic amines is 1. The Kier molecular flexibility index (Phi) is 4.86. The molecule has 1 aliphatic heterocycles. The average molecular weight is 440 g/mol. The van der Waals surface area contributed by atoms with Gasteiger partial charge >= 0.3 is 0 Å². The van der Waals surface area contributed by atoms with Crippen LogP contribution in [0.4, 0.5) is 4.39 Å². The Morgan fingerprint density at radius 2 is 2.06 bits per heavy atom. The molecule has 3 heterocycles. The van der Waals surface area contributed by atoms with Gasteiger partial charge < -0.3 is 4.57 Å². The molecule has 1 saturated heterocycles. The standard InChI is InChI=1S/C22H22FN5O2S/c1-15-9-16(14-28(15)31(29,30)20-4-2-3-19(23)11-20)13-27-8-7-18-10-17(5-6-22(18)27)21-12-24-26-25-21/h2-8,10-12,15-16H,9,13-14H2,1H3,(H,24,25,26). The first kappa shape index (κ1) is 19.9. The lowest BCUT2D eigenvalue weighted by Crippen LogP contribution is -2.34. The summed E-state index contributed by atoms with van der Waals surface area (Å²) >= 11 is 0. The van der Waals surface area contributed by atoms with Crippen molar-refractivity contribution in [2.45, 2.75) is 30.8 Å². The monoisotopic (exact) mass is 439 g/mol. The molecule has 0 radical (unpaired) electrons. The van der Waals surface area contributed by atoms with Crippen LogP contribution in [0.3, 0.4) is 0 Å². The van der Waals surface area contributed by atoms with E-state index in [9.17, 15) is 12.8 Å². The van der Waals surface area contributed by atoms with Crippen molar-refractivity contribution in [1.82, 2.24) is 24.3 Å². The van der Waals surface area contributed by atoms with Crippen molar-refractivity contribution in [3.63, 3.8) is 0 Å². The second-order valence-electron chi connectivity index (χ2n) is 8.08. The van der Waals surface area contributed by atoms with Crippen LogP contribution in [0.25, 0.3) is 22.2 Å². The van der Waals surface area contributed by atoms with Crippen LogP contribution in [0, 0.1) is 11.7 Å². The summed E-state index contributed by atoms with van der Waals surface area (Å²) in [6.45, 7) is 3.04. The van der Waals surface area contributed by atoms with Crippen LogP contribution in [-0.4, -0.2) is 45.3 Å². The van der Waals surface area contributed by atoms with Gasteiger partial charge in [-0.15, -0.1) is 0 Å². The summed E-state index contributed by atoms with van der Waals surface area (Å²) in [7, 11) is -3.73. The van der Waals surface area contributed by atoms with Crippen LogP contribution in [-0.2, 0) is 16.6 Å². The quantitative estimate of drug-likeness (QED) is 0.514. The van der Waals surface area contributed by atoms with Gasteiger partial charge in [-0.3, -0.25) is 0 Å². The fourth-order valence-corrected chi connectivity index (χ4v) is 6.23. The second kappa shape index (κ2) is 7.58. The zero-order valence-electron chi connectivity index (χ0n) is 16.9. The molecule has 2 aromatic carbocycles. The van der Waals surface area contributed by atoms with Gasteiger partial charge in [0.05, 0.1) is 11.1 Å². The van der Waals surface area contributed by atoms with Gasteiger partial charge in [0.15, 0.2) is 0 Å². The fourth-order valence-electron chi connectivity index (χ4n) is 4.48. The van der Waals surface area contributed by atoms with Crippen molar-refractivity contribution in [3.05, 3.63) is 66.7 Å². The van der Waals surface area contributed by atoms with E-state index in [1.807, 2.05) is 19.2 Å². The Bertz CT molecular complexity index is 1330. The zero-order chi connectivity index (χ0) is 21.6. The maximum absolute atomic E-state index is 13.6. The Balaban J connectivity index is 1.36. The zero-order valence-corrected chi connectivity index (χ0v) is 17.8. The van der Waals surface area contributed by atoms with Crippen LogP contribution in [0.1, 0.15) is 13.3 Å². The van der Waals surface area contributed by atoms with Crippen LogP contribution in [0.2, 0.25) is 0 Å². The molecule has 31 heavy (non-hydrogen) atoms. The van der Waals surface area contributed by atoms with Crippen molar-refractivity contribution in [2.75, 3.05) is 6.54 Å². The van der Waals surface area contributed by atoms with Gasteiger partial charge in [-0.2, -0.15) is 19.7 Å². The number of fused-ring (bicyclic) bond motifs is 1. The number of nitrogens with zero attached hydrogens (tertiary/aromatic N) is 4. The molecule has 2 aromatic heterocycles. The van der Waals surface area contributed by atoms with Crippen molar-refractivity contribution in [1.29, 1.82) is 0 Å². The molecule has 4 aromatic rings. The van der Waals surface area contributed by atoms with Gasteiger partial charge in [0.2, 0.25) is 10.0 Å². The fraction of sp³-hybridized carbons (Fsp3) is 0.273. The number of halogens is 1. The summed E-state index contributed by atoms with van der Waals surface area (Å²) in [6.07, 6.45) is 4.47. The third-order valence-corrected chi connectivity index (χ3v) is 7.92. The topological polar surface area (TPSA) is 83.9 Å². The molecule has 7 nitrogen and oxygen atoms in total. The van der Waals surface area contributed by atoms with E-state index < -0.39 is 15.8 Å². The van der Waals surface area contributed by atoms with E-state index in [1.165, 1.54) is 22.5 Å². The Hall–Kier alpha value is -3.04. The number of hydrogen-bond donors (Lipinski definition) is 1. The van der Waals surface area contributed by atoms with E-state index in [0.29, 0.717) is 13.1 Å². The van der Waals surface area contributed by atoms with Crippen LogP contribution in [0.5, 0.6) is 0 Å². The molecule has 2 unspecified atom stereocenters. The molecular formula is C22H22FN5O2S. The van der Waals surface area contributed by atoms with Gasteiger partial charge in [-0.05, 0) is 55.7 Å². The van der Waals surface area contributed by atoms with Gasteiger partial charge in [-0.25, -0.2) is 12.8 Å². The van der Waals surface area contributed by atoms with Gasteiger partial charge in [0.25, 0.3) is 0 Å². The van der Waals surface area contributed by atoms with Crippen molar-refractivity contribution in [2.24, 2.45) is 5.92 Å². The molecule has 0 amide bonds. The summed E-state index contributed by atoms with van der Waals surface area (Å²) in [5, 5.41) is 11.7. The van der Waals surface area contributed by atoms with Gasteiger partial charge in [0, 0.05) is 41.8 Å². The molecule has 0 spiro atoms. The number of nitrogens with one attached hydrogen (secondary N) is 1. The van der Waals surface area contributed by atoms with Crippen LogP contribution >= 0.6 is 0 Å². The molecule has 9 heteroatoms. The lowest BCUT2D eigenvalue weighted by molar-refractivity contribution is 0.399. The largest absolute Gasteiger partial charge is 0.347 e. The van der Waals surface area contributed by atoms with E-state index >= 15 is 0 Å². The minimum Gasteiger partial charge on any atom is -0.347 e. The van der Waals surface area contributed by atoms with Crippen molar-refractivity contribution in [3.8, 4) is 11.3 Å². The molecule has 160 valence electrons. The summed E-state index contributed by atoms with van der Waals surface area (Å²) < 4.78 is 43.3. The molecule has 2 atom stereocenters. The number of aromatic nitrogens is 4. The maximum atomic E-state index is 13.6. The average Bonchev–Trinajstić information content (AvgIpc) is 3.49. The third kappa shape index (κ3) is 3.64. The molecule has 0 aliphatic carbocycles. The normalized spacial score (nSPS) is 19.9. The summed E-state index contributed by atoms with van der Waals surface area (Å²) in [5.74, 6) is -0.377. The van der Waals surface area contributed by atoms with Gasteiger partial charge in [0.1, 0.15) is 11.5 Å².